The molecule has 102 valence electrons. The lowest BCUT2D eigenvalue weighted by atomic mass is 10.1. The Bertz CT molecular complexity index is 490. The zero-order valence-electron chi connectivity index (χ0n) is 11.0. The Balaban J connectivity index is 1.91. The summed E-state index contributed by atoms with van der Waals surface area (Å²) in [5.74, 6) is 0.703. The zero-order chi connectivity index (χ0) is 13.2. The van der Waals surface area contributed by atoms with Crippen LogP contribution in [-0.4, -0.2) is 49.8 Å². The van der Waals surface area contributed by atoms with Gasteiger partial charge in [-0.1, -0.05) is 6.07 Å². The minimum atomic E-state index is 0.0244. The number of para-hydroxylation sites is 1. The number of morpholine rings is 1. The van der Waals surface area contributed by atoms with Crippen molar-refractivity contribution in [2.45, 2.75) is 13.0 Å². The number of benzene rings is 1. The van der Waals surface area contributed by atoms with Crippen LogP contribution >= 0.6 is 0 Å². The average molecular weight is 262 g/mol. The van der Waals surface area contributed by atoms with Crippen LogP contribution in [0.15, 0.2) is 18.2 Å². The third kappa shape index (κ3) is 2.26. The van der Waals surface area contributed by atoms with Gasteiger partial charge in [-0.25, -0.2) is 0 Å². The van der Waals surface area contributed by atoms with E-state index in [4.69, 9.17) is 9.47 Å². The number of ether oxygens (including phenoxy) is 2. The van der Waals surface area contributed by atoms with Crippen molar-refractivity contribution in [3.63, 3.8) is 0 Å². The van der Waals surface area contributed by atoms with Crippen molar-refractivity contribution < 1.29 is 14.3 Å². The van der Waals surface area contributed by atoms with E-state index in [9.17, 15) is 4.79 Å². The molecule has 1 saturated heterocycles. The maximum Gasteiger partial charge on any atom is 0.258 e. The van der Waals surface area contributed by atoms with E-state index in [1.807, 2.05) is 30.0 Å². The van der Waals surface area contributed by atoms with Crippen LogP contribution in [0.2, 0.25) is 0 Å². The van der Waals surface area contributed by atoms with Crippen LogP contribution < -0.4 is 10.1 Å². The molecule has 0 spiro atoms. The second-order valence-electron chi connectivity index (χ2n) is 4.88. The fourth-order valence-electron chi connectivity index (χ4n) is 2.52. The summed E-state index contributed by atoms with van der Waals surface area (Å²) < 4.78 is 11.0. The SMILES string of the molecule is CC1COCCN1C(=O)c1cccc2c1OCCN2. The van der Waals surface area contributed by atoms with Crippen molar-refractivity contribution in [2.75, 3.05) is 38.2 Å². The van der Waals surface area contributed by atoms with E-state index >= 15 is 0 Å². The van der Waals surface area contributed by atoms with E-state index in [0.29, 0.717) is 37.7 Å². The fraction of sp³-hybridized carbons (Fsp3) is 0.500. The van der Waals surface area contributed by atoms with Crippen LogP contribution in [-0.2, 0) is 4.74 Å². The highest BCUT2D eigenvalue weighted by Gasteiger charge is 2.28. The van der Waals surface area contributed by atoms with Crippen molar-refractivity contribution in [3.8, 4) is 5.75 Å². The third-order valence-electron chi connectivity index (χ3n) is 3.54. The molecule has 1 unspecified atom stereocenters. The van der Waals surface area contributed by atoms with Gasteiger partial charge in [0, 0.05) is 13.1 Å². The minimum absolute atomic E-state index is 0.0244. The highest BCUT2D eigenvalue weighted by molar-refractivity contribution is 5.99. The van der Waals surface area contributed by atoms with E-state index < -0.39 is 0 Å². The molecule has 2 heterocycles. The maximum absolute atomic E-state index is 12.6. The normalized spacial score (nSPS) is 22.2. The molecule has 0 aliphatic carbocycles. The molecule has 1 amide bonds. The second kappa shape index (κ2) is 5.09. The Morgan fingerprint density at radius 2 is 2.32 bits per heavy atom. The number of hydrogen-bond acceptors (Lipinski definition) is 4. The summed E-state index contributed by atoms with van der Waals surface area (Å²) >= 11 is 0. The van der Waals surface area contributed by atoms with Crippen LogP contribution in [0.3, 0.4) is 0 Å². The van der Waals surface area contributed by atoms with Gasteiger partial charge in [-0.3, -0.25) is 4.79 Å². The van der Waals surface area contributed by atoms with Crippen LogP contribution in [0.4, 0.5) is 5.69 Å². The molecule has 5 nitrogen and oxygen atoms in total. The Morgan fingerprint density at radius 1 is 1.42 bits per heavy atom. The van der Waals surface area contributed by atoms with Crippen LogP contribution in [0.1, 0.15) is 17.3 Å². The smallest absolute Gasteiger partial charge is 0.258 e. The van der Waals surface area contributed by atoms with Gasteiger partial charge in [0.1, 0.15) is 6.61 Å². The van der Waals surface area contributed by atoms with Gasteiger partial charge in [0.05, 0.1) is 30.5 Å². The summed E-state index contributed by atoms with van der Waals surface area (Å²) in [5.41, 5.74) is 1.54. The molecule has 0 bridgehead atoms. The molecule has 0 aromatic heterocycles. The summed E-state index contributed by atoms with van der Waals surface area (Å²) in [7, 11) is 0. The number of nitrogens with zero attached hydrogens (tertiary/aromatic N) is 1. The Kier molecular flexibility index (Phi) is 3.29. The van der Waals surface area contributed by atoms with Gasteiger partial charge < -0.3 is 19.7 Å². The van der Waals surface area contributed by atoms with Gasteiger partial charge >= 0.3 is 0 Å². The standard InChI is InChI=1S/C14H18N2O3/c1-10-9-18-8-6-16(10)14(17)11-3-2-4-12-13(11)19-7-5-15-12/h2-4,10,15H,5-9H2,1H3. The quantitative estimate of drug-likeness (QED) is 0.830. The lowest BCUT2D eigenvalue weighted by Gasteiger charge is -2.34. The molecular weight excluding hydrogens is 244 g/mol. The zero-order valence-corrected chi connectivity index (χ0v) is 11.0. The van der Waals surface area contributed by atoms with E-state index in [1.54, 1.807) is 0 Å². The summed E-state index contributed by atoms with van der Waals surface area (Å²) in [6.07, 6.45) is 0. The van der Waals surface area contributed by atoms with Crippen molar-refractivity contribution in [1.29, 1.82) is 0 Å². The van der Waals surface area contributed by atoms with Gasteiger partial charge in [-0.15, -0.1) is 0 Å². The first-order valence-corrected chi connectivity index (χ1v) is 6.66. The lowest BCUT2D eigenvalue weighted by molar-refractivity contribution is 0.00340. The molecule has 3 rings (SSSR count). The highest BCUT2D eigenvalue weighted by atomic mass is 16.5. The number of rotatable bonds is 1. The van der Waals surface area contributed by atoms with Gasteiger partial charge in [0.15, 0.2) is 5.75 Å². The van der Waals surface area contributed by atoms with E-state index in [1.165, 1.54) is 0 Å². The molecule has 1 fully saturated rings. The molecule has 19 heavy (non-hydrogen) atoms. The molecule has 2 aliphatic heterocycles. The van der Waals surface area contributed by atoms with Crippen molar-refractivity contribution in [1.82, 2.24) is 4.90 Å². The van der Waals surface area contributed by atoms with E-state index in [2.05, 4.69) is 5.32 Å². The molecule has 2 aliphatic rings. The highest BCUT2D eigenvalue weighted by Crippen LogP contribution is 2.32. The topological polar surface area (TPSA) is 50.8 Å². The predicted molar refractivity (Wildman–Crippen MR) is 71.7 cm³/mol. The lowest BCUT2D eigenvalue weighted by Crippen LogP contribution is -2.47. The van der Waals surface area contributed by atoms with Crippen molar-refractivity contribution in [2.24, 2.45) is 0 Å². The predicted octanol–water partition coefficient (Wildman–Crippen LogP) is 1.35. The molecule has 1 N–H and O–H groups in total. The maximum atomic E-state index is 12.6. The third-order valence-corrected chi connectivity index (χ3v) is 3.54. The molecular formula is C14H18N2O3. The molecule has 1 atom stereocenters. The number of amides is 1. The molecule has 5 heteroatoms. The molecule has 1 aromatic rings. The molecule has 1 aromatic carbocycles. The summed E-state index contributed by atoms with van der Waals surface area (Å²) in [6.45, 7) is 5.21. The largest absolute Gasteiger partial charge is 0.489 e. The number of fused-ring (bicyclic) bond motifs is 1. The summed E-state index contributed by atoms with van der Waals surface area (Å²) in [6, 6.07) is 5.76. The van der Waals surface area contributed by atoms with Crippen LogP contribution in [0, 0.1) is 0 Å². The first-order chi connectivity index (χ1) is 9.27. The average Bonchev–Trinajstić information content (AvgIpc) is 2.46. The first-order valence-electron chi connectivity index (χ1n) is 6.66. The minimum Gasteiger partial charge on any atom is -0.489 e. The van der Waals surface area contributed by atoms with Gasteiger partial charge in [0.25, 0.3) is 5.91 Å². The van der Waals surface area contributed by atoms with Gasteiger partial charge in [-0.2, -0.15) is 0 Å². The Morgan fingerprint density at radius 3 is 3.16 bits per heavy atom. The summed E-state index contributed by atoms with van der Waals surface area (Å²) in [4.78, 5) is 14.5. The van der Waals surface area contributed by atoms with Crippen LogP contribution in [0.5, 0.6) is 5.75 Å². The summed E-state index contributed by atoms with van der Waals surface area (Å²) in [5, 5.41) is 3.25. The first kappa shape index (κ1) is 12.3. The fourth-order valence-corrected chi connectivity index (χ4v) is 2.52. The Hall–Kier alpha value is -1.75. The monoisotopic (exact) mass is 262 g/mol. The second-order valence-corrected chi connectivity index (χ2v) is 4.88. The number of carbonyl (C=O) groups is 1. The van der Waals surface area contributed by atoms with Crippen molar-refractivity contribution >= 4 is 11.6 Å². The van der Waals surface area contributed by atoms with Crippen LogP contribution in [0.25, 0.3) is 0 Å². The number of nitrogens with one attached hydrogen (secondary N) is 1. The number of anilines is 1. The molecule has 0 saturated carbocycles. The van der Waals surface area contributed by atoms with E-state index in [-0.39, 0.29) is 11.9 Å². The molecule has 0 radical (unpaired) electrons. The van der Waals surface area contributed by atoms with E-state index in [0.717, 1.165) is 12.2 Å². The number of hydrogen-bond donors (Lipinski definition) is 1. The Labute approximate surface area is 112 Å². The van der Waals surface area contributed by atoms with Gasteiger partial charge in [-0.05, 0) is 19.1 Å². The number of carbonyl (C=O) groups excluding carboxylic acids is 1. The van der Waals surface area contributed by atoms with Gasteiger partial charge in [0.2, 0.25) is 0 Å². The van der Waals surface area contributed by atoms with Crippen molar-refractivity contribution in [3.05, 3.63) is 23.8 Å².